The van der Waals surface area contributed by atoms with Gasteiger partial charge in [-0.05, 0) is 7.05 Å². The minimum absolute atomic E-state index is 0.0101. The van der Waals surface area contributed by atoms with Crippen molar-refractivity contribution in [3.8, 4) is 0 Å². The number of imidazole rings is 1. The van der Waals surface area contributed by atoms with Gasteiger partial charge in [-0.1, -0.05) is 0 Å². The van der Waals surface area contributed by atoms with Crippen molar-refractivity contribution < 1.29 is 9.90 Å². The summed E-state index contributed by atoms with van der Waals surface area (Å²) in [6.07, 6.45) is 2.54. The van der Waals surface area contributed by atoms with Gasteiger partial charge in [0.25, 0.3) is 0 Å². The monoisotopic (exact) mass is 195 g/mol. The second-order valence-electron chi connectivity index (χ2n) is 3.65. The van der Waals surface area contributed by atoms with Crippen LogP contribution in [-0.4, -0.2) is 39.1 Å². The minimum Gasteiger partial charge on any atom is -0.480 e. The molecule has 76 valence electrons. The van der Waals surface area contributed by atoms with Crippen LogP contribution in [0.2, 0.25) is 0 Å². The van der Waals surface area contributed by atoms with Crippen molar-refractivity contribution in [2.24, 2.45) is 0 Å². The Hall–Kier alpha value is -1.36. The first-order valence-electron chi connectivity index (χ1n) is 4.60. The summed E-state index contributed by atoms with van der Waals surface area (Å²) in [7, 11) is 2.03. The molecule has 0 aliphatic carbocycles. The number of carboxylic acid groups (broad SMARTS) is 1. The Bertz CT molecular complexity index is 359. The van der Waals surface area contributed by atoms with Crippen molar-refractivity contribution in [3.05, 3.63) is 17.7 Å². The molecule has 1 aromatic heterocycles. The Labute approximate surface area is 82.0 Å². The van der Waals surface area contributed by atoms with Crippen molar-refractivity contribution in [2.45, 2.75) is 19.5 Å². The lowest BCUT2D eigenvalue weighted by atomic mass is 10.1. The molecular formula is C9H13N3O2. The molecule has 0 bridgehead atoms. The number of carbonyl (C=O) groups is 1. The van der Waals surface area contributed by atoms with Gasteiger partial charge >= 0.3 is 5.97 Å². The highest BCUT2D eigenvalue weighted by atomic mass is 16.4. The molecule has 0 aromatic carbocycles. The molecule has 0 atom stereocenters. The van der Waals surface area contributed by atoms with E-state index in [0.29, 0.717) is 0 Å². The van der Waals surface area contributed by atoms with Crippen molar-refractivity contribution in [1.82, 2.24) is 14.5 Å². The fourth-order valence-corrected chi connectivity index (χ4v) is 1.75. The molecule has 14 heavy (non-hydrogen) atoms. The number of fused-ring (bicyclic) bond motifs is 1. The quantitative estimate of drug-likeness (QED) is 0.719. The molecule has 1 aromatic rings. The molecule has 2 rings (SSSR count). The first-order valence-corrected chi connectivity index (χ1v) is 4.60. The van der Waals surface area contributed by atoms with Crippen LogP contribution in [0.4, 0.5) is 0 Å². The van der Waals surface area contributed by atoms with E-state index in [1.165, 1.54) is 0 Å². The molecule has 1 aliphatic rings. The average molecular weight is 195 g/mol. The van der Waals surface area contributed by atoms with Gasteiger partial charge in [0.05, 0.1) is 17.7 Å². The highest BCUT2D eigenvalue weighted by Crippen LogP contribution is 2.16. The summed E-state index contributed by atoms with van der Waals surface area (Å²) in [5.41, 5.74) is 2.09. The number of likely N-dealkylation sites (N-methyl/N-ethyl adjacent to an activating group) is 1. The van der Waals surface area contributed by atoms with E-state index in [1.807, 2.05) is 7.05 Å². The van der Waals surface area contributed by atoms with Crippen molar-refractivity contribution in [3.63, 3.8) is 0 Å². The maximum absolute atomic E-state index is 10.6. The normalized spacial score (nSPS) is 16.6. The van der Waals surface area contributed by atoms with Gasteiger partial charge in [0, 0.05) is 19.5 Å². The van der Waals surface area contributed by atoms with Gasteiger partial charge in [-0.15, -0.1) is 0 Å². The second-order valence-corrected chi connectivity index (χ2v) is 3.65. The topological polar surface area (TPSA) is 58.4 Å². The van der Waals surface area contributed by atoms with E-state index in [-0.39, 0.29) is 6.54 Å². The van der Waals surface area contributed by atoms with Gasteiger partial charge in [0.15, 0.2) is 0 Å². The number of aromatic nitrogens is 2. The molecule has 5 heteroatoms. The molecule has 0 spiro atoms. The van der Waals surface area contributed by atoms with Crippen LogP contribution in [0.15, 0.2) is 6.33 Å². The lowest BCUT2D eigenvalue weighted by molar-refractivity contribution is -0.137. The highest BCUT2D eigenvalue weighted by Gasteiger charge is 2.19. The fourth-order valence-electron chi connectivity index (χ4n) is 1.75. The number of hydrogen-bond donors (Lipinski definition) is 1. The molecule has 0 saturated carbocycles. The zero-order chi connectivity index (χ0) is 10.1. The lowest BCUT2D eigenvalue weighted by Crippen LogP contribution is -2.28. The second kappa shape index (κ2) is 3.42. The SMILES string of the molecule is CN1CCc2ncn(CC(=O)O)c2C1. The summed E-state index contributed by atoms with van der Waals surface area (Å²) in [6.45, 7) is 1.80. The third-order valence-corrected chi connectivity index (χ3v) is 2.49. The maximum Gasteiger partial charge on any atom is 0.323 e. The molecule has 0 amide bonds. The fraction of sp³-hybridized carbons (Fsp3) is 0.556. The van der Waals surface area contributed by atoms with E-state index in [1.54, 1.807) is 10.9 Å². The van der Waals surface area contributed by atoms with Gasteiger partial charge in [0.1, 0.15) is 6.54 Å². The Morgan fingerprint density at radius 3 is 3.21 bits per heavy atom. The lowest BCUT2D eigenvalue weighted by Gasteiger charge is -2.22. The number of rotatable bonds is 2. The summed E-state index contributed by atoms with van der Waals surface area (Å²) < 4.78 is 1.72. The van der Waals surface area contributed by atoms with E-state index in [0.717, 1.165) is 30.9 Å². The third kappa shape index (κ3) is 1.63. The van der Waals surface area contributed by atoms with Crippen molar-refractivity contribution in [2.75, 3.05) is 13.6 Å². The van der Waals surface area contributed by atoms with Crippen LogP contribution in [0.3, 0.4) is 0 Å². The first kappa shape index (κ1) is 9.21. The molecule has 1 aliphatic heterocycles. The highest BCUT2D eigenvalue weighted by molar-refractivity contribution is 5.66. The van der Waals surface area contributed by atoms with E-state index in [2.05, 4.69) is 9.88 Å². The number of nitrogens with zero attached hydrogens (tertiary/aromatic N) is 3. The summed E-state index contributed by atoms with van der Waals surface area (Å²) in [4.78, 5) is 17.0. The maximum atomic E-state index is 10.6. The van der Waals surface area contributed by atoms with Crippen LogP contribution in [0.5, 0.6) is 0 Å². The zero-order valence-corrected chi connectivity index (χ0v) is 8.10. The molecule has 2 heterocycles. The van der Waals surface area contributed by atoms with Crippen molar-refractivity contribution in [1.29, 1.82) is 0 Å². The molecule has 0 fully saturated rings. The van der Waals surface area contributed by atoms with Crippen LogP contribution >= 0.6 is 0 Å². The number of aliphatic carboxylic acids is 1. The largest absolute Gasteiger partial charge is 0.480 e. The Morgan fingerprint density at radius 2 is 2.50 bits per heavy atom. The van der Waals surface area contributed by atoms with E-state index in [9.17, 15) is 4.79 Å². The Kier molecular flexibility index (Phi) is 2.25. The summed E-state index contributed by atoms with van der Waals surface area (Å²) in [6, 6.07) is 0. The van der Waals surface area contributed by atoms with Gasteiger partial charge in [0.2, 0.25) is 0 Å². The molecule has 0 radical (unpaired) electrons. The predicted octanol–water partition coefficient (Wildman–Crippen LogP) is -0.0444. The van der Waals surface area contributed by atoms with E-state index >= 15 is 0 Å². The summed E-state index contributed by atoms with van der Waals surface area (Å²) in [5, 5.41) is 8.69. The minimum atomic E-state index is -0.821. The number of carboxylic acids is 1. The standard InChI is InChI=1S/C9H13N3O2/c1-11-3-2-7-8(4-11)12(6-10-7)5-9(13)14/h6H,2-5H2,1H3,(H,13,14). The summed E-state index contributed by atoms with van der Waals surface area (Å²) in [5.74, 6) is -0.821. The van der Waals surface area contributed by atoms with E-state index < -0.39 is 5.97 Å². The number of hydrogen-bond acceptors (Lipinski definition) is 3. The van der Waals surface area contributed by atoms with Crippen LogP contribution in [0.1, 0.15) is 11.4 Å². The van der Waals surface area contributed by atoms with Crippen LogP contribution in [-0.2, 0) is 24.3 Å². The molecule has 1 N–H and O–H groups in total. The average Bonchev–Trinajstić information content (AvgIpc) is 2.47. The Balaban J connectivity index is 2.26. The first-order chi connectivity index (χ1) is 6.66. The van der Waals surface area contributed by atoms with Crippen LogP contribution in [0.25, 0.3) is 0 Å². The zero-order valence-electron chi connectivity index (χ0n) is 8.10. The van der Waals surface area contributed by atoms with Gasteiger partial charge in [-0.3, -0.25) is 4.79 Å². The molecule has 0 saturated heterocycles. The molecule has 0 unspecified atom stereocenters. The van der Waals surface area contributed by atoms with Gasteiger partial charge in [-0.2, -0.15) is 0 Å². The van der Waals surface area contributed by atoms with E-state index in [4.69, 9.17) is 5.11 Å². The van der Waals surface area contributed by atoms with Gasteiger partial charge < -0.3 is 14.6 Å². The Morgan fingerprint density at radius 1 is 1.71 bits per heavy atom. The smallest absolute Gasteiger partial charge is 0.323 e. The van der Waals surface area contributed by atoms with Crippen molar-refractivity contribution >= 4 is 5.97 Å². The van der Waals surface area contributed by atoms with Gasteiger partial charge in [-0.25, -0.2) is 4.98 Å². The summed E-state index contributed by atoms with van der Waals surface area (Å²) >= 11 is 0. The third-order valence-electron chi connectivity index (χ3n) is 2.49. The predicted molar refractivity (Wildman–Crippen MR) is 49.9 cm³/mol. The van der Waals surface area contributed by atoms with Crippen LogP contribution < -0.4 is 0 Å². The molecular weight excluding hydrogens is 182 g/mol. The molecule has 5 nitrogen and oxygen atoms in total. The van der Waals surface area contributed by atoms with Crippen LogP contribution in [0, 0.1) is 0 Å².